The van der Waals surface area contributed by atoms with Crippen molar-refractivity contribution in [2.75, 3.05) is 57.1 Å². The third kappa shape index (κ3) is 5.03. The van der Waals surface area contributed by atoms with Crippen LogP contribution >= 0.6 is 12.4 Å². The van der Waals surface area contributed by atoms with Crippen LogP contribution in [0.1, 0.15) is 5.56 Å². The fourth-order valence-corrected chi connectivity index (χ4v) is 4.00. The van der Waals surface area contributed by atoms with Crippen LogP contribution < -0.4 is 25.8 Å². The topological polar surface area (TPSA) is 110 Å². The first-order valence-electron chi connectivity index (χ1n) is 10.5. The maximum atomic E-state index is 12.7. The maximum absolute atomic E-state index is 12.7. The first-order chi connectivity index (χ1) is 15.1. The summed E-state index contributed by atoms with van der Waals surface area (Å²) in [4.78, 5) is 20.0. The van der Waals surface area contributed by atoms with Crippen molar-refractivity contribution < 1.29 is 14.3 Å². The molecular formula is C23H30ClN5O3. The highest BCUT2D eigenvalue weighted by Crippen LogP contribution is 2.31. The molecule has 0 bridgehead atoms. The standard InChI is InChI=1S/C23H29N5O3.ClH/c1-30-22-12-17(25)2-5-21(22)27-8-10-28(11-9-27)23(29)15-31-18-3-4-20-19(13-18)16(6-7-24)14-26-20;/h2-5,12-14,26H,6-11,15,24-25H2,1H3;1H. The first-order valence-corrected chi connectivity index (χ1v) is 10.5. The Morgan fingerprint density at radius 1 is 1.12 bits per heavy atom. The van der Waals surface area contributed by atoms with Crippen molar-refractivity contribution in [1.82, 2.24) is 9.88 Å². The van der Waals surface area contributed by atoms with Gasteiger partial charge in [-0.25, -0.2) is 0 Å². The molecule has 9 heteroatoms. The van der Waals surface area contributed by atoms with Gasteiger partial charge >= 0.3 is 0 Å². The second-order valence-electron chi connectivity index (χ2n) is 7.65. The number of carbonyl (C=O) groups excluding carboxylic acids is 1. The van der Waals surface area contributed by atoms with Crippen molar-refractivity contribution in [3.05, 3.63) is 48.2 Å². The monoisotopic (exact) mass is 459 g/mol. The number of nitrogen functional groups attached to an aromatic ring is 1. The second-order valence-corrected chi connectivity index (χ2v) is 7.65. The predicted molar refractivity (Wildman–Crippen MR) is 130 cm³/mol. The van der Waals surface area contributed by atoms with Gasteiger partial charge in [-0.3, -0.25) is 4.79 Å². The van der Waals surface area contributed by atoms with E-state index in [-0.39, 0.29) is 24.9 Å². The zero-order valence-electron chi connectivity index (χ0n) is 18.2. The molecule has 0 radical (unpaired) electrons. The number of ether oxygens (including phenoxy) is 2. The van der Waals surface area contributed by atoms with Crippen molar-refractivity contribution >= 4 is 40.6 Å². The molecule has 1 saturated heterocycles. The number of aromatic nitrogens is 1. The van der Waals surface area contributed by atoms with E-state index in [1.54, 1.807) is 7.11 Å². The van der Waals surface area contributed by atoms with Gasteiger partial charge in [-0.05, 0) is 48.9 Å². The number of nitrogens with two attached hydrogens (primary N) is 2. The lowest BCUT2D eigenvalue weighted by atomic mass is 10.1. The van der Waals surface area contributed by atoms with E-state index in [2.05, 4.69) is 9.88 Å². The van der Waals surface area contributed by atoms with Crippen molar-refractivity contribution in [1.29, 1.82) is 0 Å². The Kier molecular flexibility index (Phi) is 7.71. The molecule has 0 unspecified atom stereocenters. The van der Waals surface area contributed by atoms with Crippen LogP contribution in [0.4, 0.5) is 11.4 Å². The summed E-state index contributed by atoms with van der Waals surface area (Å²) in [5.41, 5.74) is 15.4. The number of carbonyl (C=O) groups is 1. The highest BCUT2D eigenvalue weighted by molar-refractivity contribution is 5.85. The number of H-pyrrole nitrogens is 1. The Morgan fingerprint density at radius 3 is 2.62 bits per heavy atom. The van der Waals surface area contributed by atoms with Crippen molar-refractivity contribution in [2.24, 2.45) is 5.73 Å². The maximum Gasteiger partial charge on any atom is 0.260 e. The van der Waals surface area contributed by atoms with Crippen LogP contribution in [0.5, 0.6) is 11.5 Å². The van der Waals surface area contributed by atoms with Gasteiger partial charge in [-0.2, -0.15) is 0 Å². The normalized spacial score (nSPS) is 13.7. The van der Waals surface area contributed by atoms with E-state index in [0.29, 0.717) is 31.1 Å². The predicted octanol–water partition coefficient (Wildman–Crippen LogP) is 2.41. The van der Waals surface area contributed by atoms with E-state index in [0.717, 1.165) is 47.4 Å². The zero-order chi connectivity index (χ0) is 21.8. The van der Waals surface area contributed by atoms with Gasteiger partial charge in [0.15, 0.2) is 6.61 Å². The van der Waals surface area contributed by atoms with Gasteiger partial charge in [0.2, 0.25) is 0 Å². The Balaban J connectivity index is 0.00000289. The summed E-state index contributed by atoms with van der Waals surface area (Å²) in [5, 5.41) is 1.08. The summed E-state index contributed by atoms with van der Waals surface area (Å²) in [6.07, 6.45) is 2.77. The molecule has 0 spiro atoms. The van der Waals surface area contributed by atoms with Gasteiger partial charge in [0.25, 0.3) is 5.91 Å². The average Bonchev–Trinajstić information content (AvgIpc) is 3.20. The summed E-state index contributed by atoms with van der Waals surface area (Å²) in [6, 6.07) is 11.5. The number of hydrogen-bond donors (Lipinski definition) is 3. The Morgan fingerprint density at radius 2 is 1.91 bits per heavy atom. The number of nitrogens with zero attached hydrogens (tertiary/aromatic N) is 2. The largest absolute Gasteiger partial charge is 0.495 e. The SMILES string of the molecule is COc1cc(N)ccc1N1CCN(C(=O)COc2ccc3[nH]cc(CCN)c3c2)CC1.Cl. The number of rotatable bonds is 7. The lowest BCUT2D eigenvalue weighted by Crippen LogP contribution is -2.50. The van der Waals surface area contributed by atoms with Crippen molar-refractivity contribution in [3.8, 4) is 11.5 Å². The molecule has 3 aromatic rings. The van der Waals surface area contributed by atoms with Crippen LogP contribution in [0.2, 0.25) is 0 Å². The summed E-state index contributed by atoms with van der Waals surface area (Å²) >= 11 is 0. The molecule has 4 rings (SSSR count). The summed E-state index contributed by atoms with van der Waals surface area (Å²) in [6.45, 7) is 3.33. The number of piperazine rings is 1. The zero-order valence-corrected chi connectivity index (χ0v) is 19.0. The Bertz CT molecular complexity index is 1060. The average molecular weight is 460 g/mol. The van der Waals surface area contributed by atoms with E-state index in [1.807, 2.05) is 47.5 Å². The third-order valence-corrected chi connectivity index (χ3v) is 5.69. The third-order valence-electron chi connectivity index (χ3n) is 5.69. The number of benzene rings is 2. The van der Waals surface area contributed by atoms with E-state index in [9.17, 15) is 4.79 Å². The molecule has 0 atom stereocenters. The lowest BCUT2D eigenvalue weighted by Gasteiger charge is -2.36. The fourth-order valence-electron chi connectivity index (χ4n) is 4.00. The number of methoxy groups -OCH3 is 1. The fraction of sp³-hybridized carbons (Fsp3) is 0.348. The van der Waals surface area contributed by atoms with E-state index < -0.39 is 0 Å². The quantitative estimate of drug-likeness (QED) is 0.468. The molecule has 2 aromatic carbocycles. The summed E-state index contributed by atoms with van der Waals surface area (Å²) in [5.74, 6) is 1.42. The van der Waals surface area contributed by atoms with Gasteiger partial charge in [0, 0.05) is 55.0 Å². The smallest absolute Gasteiger partial charge is 0.260 e. The van der Waals surface area contributed by atoms with Crippen LogP contribution in [0.25, 0.3) is 10.9 Å². The van der Waals surface area contributed by atoms with Crippen LogP contribution in [0.15, 0.2) is 42.6 Å². The molecule has 2 heterocycles. The molecule has 1 aliphatic rings. The molecule has 0 saturated carbocycles. The number of aromatic amines is 1. The molecule has 172 valence electrons. The van der Waals surface area contributed by atoms with Gasteiger partial charge in [0.1, 0.15) is 11.5 Å². The second kappa shape index (κ2) is 10.5. The first kappa shape index (κ1) is 23.6. The van der Waals surface area contributed by atoms with Gasteiger partial charge in [0.05, 0.1) is 12.8 Å². The molecule has 8 nitrogen and oxygen atoms in total. The molecular weight excluding hydrogens is 430 g/mol. The number of fused-ring (bicyclic) bond motifs is 1. The number of anilines is 2. The lowest BCUT2D eigenvalue weighted by molar-refractivity contribution is -0.133. The van der Waals surface area contributed by atoms with Gasteiger partial charge in [-0.15, -0.1) is 12.4 Å². The van der Waals surface area contributed by atoms with Crippen LogP contribution in [0.3, 0.4) is 0 Å². The number of nitrogens with one attached hydrogen (secondary N) is 1. The molecule has 0 aliphatic carbocycles. The molecule has 32 heavy (non-hydrogen) atoms. The highest BCUT2D eigenvalue weighted by atomic mass is 35.5. The number of halogens is 1. The molecule has 1 aromatic heterocycles. The summed E-state index contributed by atoms with van der Waals surface area (Å²) in [7, 11) is 1.64. The van der Waals surface area contributed by atoms with Crippen LogP contribution in [-0.4, -0.2) is 62.2 Å². The van der Waals surface area contributed by atoms with E-state index in [4.69, 9.17) is 20.9 Å². The minimum atomic E-state index is -0.0136. The van der Waals surface area contributed by atoms with Gasteiger partial charge < -0.3 is 35.7 Å². The Hall–Kier alpha value is -3.10. The Labute approximate surface area is 193 Å². The molecule has 1 aliphatic heterocycles. The number of hydrogen-bond acceptors (Lipinski definition) is 6. The summed E-state index contributed by atoms with van der Waals surface area (Å²) < 4.78 is 11.3. The molecule has 1 amide bonds. The minimum Gasteiger partial charge on any atom is -0.495 e. The van der Waals surface area contributed by atoms with E-state index in [1.165, 1.54) is 0 Å². The molecule has 5 N–H and O–H groups in total. The van der Waals surface area contributed by atoms with Crippen molar-refractivity contribution in [2.45, 2.75) is 6.42 Å². The van der Waals surface area contributed by atoms with Gasteiger partial charge in [-0.1, -0.05) is 0 Å². The minimum absolute atomic E-state index is 0. The molecule has 1 fully saturated rings. The number of amides is 1. The van der Waals surface area contributed by atoms with E-state index >= 15 is 0 Å². The van der Waals surface area contributed by atoms with Crippen LogP contribution in [-0.2, 0) is 11.2 Å². The van der Waals surface area contributed by atoms with Crippen molar-refractivity contribution in [3.63, 3.8) is 0 Å². The highest BCUT2D eigenvalue weighted by Gasteiger charge is 2.23. The van der Waals surface area contributed by atoms with Crippen LogP contribution in [0, 0.1) is 0 Å².